The predicted molar refractivity (Wildman–Crippen MR) is 92.6 cm³/mol. The van der Waals surface area contributed by atoms with Crippen LogP contribution < -0.4 is 5.32 Å². The van der Waals surface area contributed by atoms with E-state index in [-0.39, 0.29) is 18.0 Å². The fourth-order valence-corrected chi connectivity index (χ4v) is 4.94. The first-order valence-electron chi connectivity index (χ1n) is 8.74. The molecule has 6 nitrogen and oxygen atoms in total. The number of rotatable bonds is 3. The van der Waals surface area contributed by atoms with E-state index in [4.69, 9.17) is 0 Å². The second-order valence-electron chi connectivity index (χ2n) is 6.87. The molecule has 0 aromatic rings. The predicted octanol–water partition coefficient (Wildman–Crippen LogP) is 0.688. The molecule has 0 radical (unpaired) electrons. The average Bonchev–Trinajstić information content (AvgIpc) is 3.23. The van der Waals surface area contributed by atoms with Gasteiger partial charge < -0.3 is 15.1 Å². The zero-order valence-electron chi connectivity index (χ0n) is 14.0. The molecule has 0 aromatic heterocycles. The Morgan fingerprint density at radius 1 is 1.09 bits per heavy atom. The van der Waals surface area contributed by atoms with Crippen molar-refractivity contribution in [2.45, 2.75) is 25.3 Å². The number of hydrogen-bond donors (Lipinski definition) is 1. The van der Waals surface area contributed by atoms with Gasteiger partial charge in [-0.05, 0) is 50.3 Å². The van der Waals surface area contributed by atoms with Crippen molar-refractivity contribution in [2.24, 2.45) is 5.92 Å². The second-order valence-corrected chi connectivity index (χ2v) is 8.02. The lowest BCUT2D eigenvalue weighted by Crippen LogP contribution is -2.56. The summed E-state index contributed by atoms with van der Waals surface area (Å²) in [6.45, 7) is 4.42. The maximum absolute atomic E-state index is 12.5. The molecule has 0 aromatic carbocycles. The van der Waals surface area contributed by atoms with Crippen molar-refractivity contribution in [2.75, 3.05) is 57.8 Å². The number of thioether (sulfide) groups is 1. The molecule has 0 bridgehead atoms. The first kappa shape index (κ1) is 16.9. The van der Waals surface area contributed by atoms with E-state index < -0.39 is 0 Å². The van der Waals surface area contributed by atoms with E-state index in [1.54, 1.807) is 0 Å². The van der Waals surface area contributed by atoms with Gasteiger partial charge in [0.15, 0.2) is 0 Å². The molecular weight excluding hydrogens is 312 g/mol. The van der Waals surface area contributed by atoms with Crippen LogP contribution in [0.1, 0.15) is 19.3 Å². The van der Waals surface area contributed by atoms with Gasteiger partial charge in [-0.15, -0.1) is 0 Å². The molecule has 7 heteroatoms. The lowest BCUT2D eigenvalue weighted by Gasteiger charge is -2.37. The molecule has 3 aliphatic heterocycles. The minimum Gasteiger partial charge on any atom is -0.338 e. The molecule has 0 spiro atoms. The van der Waals surface area contributed by atoms with Gasteiger partial charge >= 0.3 is 6.03 Å². The molecule has 3 fully saturated rings. The number of nitrogens with one attached hydrogen (secondary N) is 1. The number of carbonyl (C=O) groups excluding carboxylic acids is 2. The first-order chi connectivity index (χ1) is 11.1. The van der Waals surface area contributed by atoms with Crippen LogP contribution in [-0.4, -0.2) is 90.5 Å². The topological polar surface area (TPSA) is 55.9 Å². The highest BCUT2D eigenvalue weighted by Gasteiger charge is 2.33. The summed E-state index contributed by atoms with van der Waals surface area (Å²) in [5, 5.41) is 3.06. The second kappa shape index (κ2) is 7.75. The SMILES string of the molecule is CN1CCC[C@H]1C(=O)N1CCN(C(=O)NC[C@H]2CCSC2)CC1. The zero-order chi connectivity index (χ0) is 16.2. The molecule has 1 N–H and O–H groups in total. The molecular formula is C16H28N4O2S. The summed E-state index contributed by atoms with van der Waals surface area (Å²) in [6, 6.07) is 0.0854. The van der Waals surface area contributed by atoms with Crippen molar-refractivity contribution in [1.82, 2.24) is 20.0 Å². The standard InChI is InChI=1S/C16H28N4O2S/c1-18-5-2-3-14(18)15(21)19-6-8-20(9-7-19)16(22)17-11-13-4-10-23-12-13/h13-14H,2-12H2,1H3,(H,17,22)/t13-,14+/m1/s1. The Morgan fingerprint density at radius 2 is 1.83 bits per heavy atom. The highest BCUT2D eigenvalue weighted by atomic mass is 32.2. The van der Waals surface area contributed by atoms with E-state index >= 15 is 0 Å². The number of nitrogens with zero attached hydrogens (tertiary/aromatic N) is 3. The molecule has 3 saturated heterocycles. The molecule has 3 aliphatic rings. The molecule has 0 unspecified atom stereocenters. The third kappa shape index (κ3) is 4.12. The Bertz CT molecular complexity index is 434. The van der Waals surface area contributed by atoms with Crippen molar-refractivity contribution in [3.8, 4) is 0 Å². The first-order valence-corrected chi connectivity index (χ1v) is 9.90. The van der Waals surface area contributed by atoms with Crippen LogP contribution in [0.15, 0.2) is 0 Å². The molecule has 3 amide bonds. The van der Waals surface area contributed by atoms with Gasteiger partial charge in [0, 0.05) is 32.7 Å². The monoisotopic (exact) mass is 340 g/mol. The number of hydrogen-bond acceptors (Lipinski definition) is 4. The molecule has 3 rings (SSSR count). The van der Waals surface area contributed by atoms with Gasteiger partial charge in [-0.3, -0.25) is 9.69 Å². The fraction of sp³-hybridized carbons (Fsp3) is 0.875. The Balaban J connectivity index is 1.40. The van der Waals surface area contributed by atoms with Crippen LogP contribution in [0.2, 0.25) is 0 Å². The lowest BCUT2D eigenvalue weighted by molar-refractivity contribution is -0.137. The number of piperazine rings is 1. The fourth-order valence-electron chi connectivity index (χ4n) is 3.65. The van der Waals surface area contributed by atoms with Gasteiger partial charge in [-0.25, -0.2) is 4.79 Å². The number of likely N-dealkylation sites (N-methyl/N-ethyl adjacent to an activating group) is 1. The van der Waals surface area contributed by atoms with E-state index in [1.165, 1.54) is 12.2 Å². The number of carbonyl (C=O) groups is 2. The summed E-state index contributed by atoms with van der Waals surface area (Å²) in [4.78, 5) is 30.7. The maximum atomic E-state index is 12.5. The van der Waals surface area contributed by atoms with E-state index in [0.29, 0.717) is 32.1 Å². The Labute approximate surface area is 142 Å². The summed E-state index contributed by atoms with van der Waals surface area (Å²) in [5.41, 5.74) is 0. The van der Waals surface area contributed by atoms with Crippen LogP contribution >= 0.6 is 11.8 Å². The minimum absolute atomic E-state index is 0.0342. The van der Waals surface area contributed by atoms with Crippen LogP contribution in [0.25, 0.3) is 0 Å². The largest absolute Gasteiger partial charge is 0.338 e. The lowest BCUT2D eigenvalue weighted by atomic mass is 10.1. The maximum Gasteiger partial charge on any atom is 0.317 e. The smallest absolute Gasteiger partial charge is 0.317 e. The Kier molecular flexibility index (Phi) is 5.69. The van der Waals surface area contributed by atoms with Gasteiger partial charge in [-0.2, -0.15) is 11.8 Å². The van der Waals surface area contributed by atoms with E-state index in [1.807, 2.05) is 28.6 Å². The molecule has 130 valence electrons. The van der Waals surface area contributed by atoms with Crippen LogP contribution in [0.3, 0.4) is 0 Å². The molecule has 23 heavy (non-hydrogen) atoms. The van der Waals surface area contributed by atoms with Crippen LogP contribution in [0.4, 0.5) is 4.79 Å². The van der Waals surface area contributed by atoms with Gasteiger partial charge in [0.25, 0.3) is 0 Å². The quantitative estimate of drug-likeness (QED) is 0.821. The van der Waals surface area contributed by atoms with E-state index in [2.05, 4.69) is 10.2 Å². The van der Waals surface area contributed by atoms with Crippen molar-refractivity contribution >= 4 is 23.7 Å². The summed E-state index contributed by atoms with van der Waals surface area (Å²) >= 11 is 1.97. The third-order valence-electron chi connectivity index (χ3n) is 5.25. The average molecular weight is 340 g/mol. The van der Waals surface area contributed by atoms with Gasteiger partial charge in [-0.1, -0.05) is 0 Å². The van der Waals surface area contributed by atoms with Gasteiger partial charge in [0.05, 0.1) is 6.04 Å². The number of urea groups is 1. The van der Waals surface area contributed by atoms with Crippen molar-refractivity contribution in [3.63, 3.8) is 0 Å². The van der Waals surface area contributed by atoms with E-state index in [0.717, 1.165) is 31.7 Å². The molecule has 0 aliphatic carbocycles. The number of likely N-dealkylation sites (tertiary alicyclic amines) is 1. The van der Waals surface area contributed by atoms with Crippen molar-refractivity contribution in [3.05, 3.63) is 0 Å². The van der Waals surface area contributed by atoms with Crippen molar-refractivity contribution in [1.29, 1.82) is 0 Å². The summed E-state index contributed by atoms with van der Waals surface area (Å²) in [5.74, 6) is 3.26. The van der Waals surface area contributed by atoms with Crippen LogP contribution in [0, 0.1) is 5.92 Å². The van der Waals surface area contributed by atoms with Crippen molar-refractivity contribution < 1.29 is 9.59 Å². The van der Waals surface area contributed by atoms with Gasteiger partial charge in [0.1, 0.15) is 0 Å². The highest BCUT2D eigenvalue weighted by molar-refractivity contribution is 7.99. The Morgan fingerprint density at radius 3 is 2.43 bits per heavy atom. The molecule has 0 saturated carbocycles. The number of amides is 3. The van der Waals surface area contributed by atoms with E-state index in [9.17, 15) is 9.59 Å². The normalized spacial score (nSPS) is 29.1. The highest BCUT2D eigenvalue weighted by Crippen LogP contribution is 2.22. The van der Waals surface area contributed by atoms with Crippen LogP contribution in [0.5, 0.6) is 0 Å². The molecule has 2 atom stereocenters. The summed E-state index contributed by atoms with van der Waals surface area (Å²) < 4.78 is 0. The van der Waals surface area contributed by atoms with Gasteiger partial charge in [0.2, 0.25) is 5.91 Å². The summed E-state index contributed by atoms with van der Waals surface area (Å²) in [7, 11) is 2.03. The molecule has 3 heterocycles. The third-order valence-corrected chi connectivity index (χ3v) is 6.48. The Hall–Kier alpha value is -0.950. The minimum atomic E-state index is 0.0342. The zero-order valence-corrected chi connectivity index (χ0v) is 14.8. The van der Waals surface area contributed by atoms with Crippen LogP contribution in [-0.2, 0) is 4.79 Å². The summed E-state index contributed by atoms with van der Waals surface area (Å²) in [6.07, 6.45) is 3.28.